The third-order valence-electron chi connectivity index (χ3n) is 3.49. The lowest BCUT2D eigenvalue weighted by Gasteiger charge is -2.32. The van der Waals surface area contributed by atoms with Crippen LogP contribution in [0.2, 0.25) is 0 Å². The minimum absolute atomic E-state index is 0.166. The lowest BCUT2D eigenvalue weighted by molar-refractivity contribution is 0.101. The van der Waals surface area contributed by atoms with E-state index in [1.165, 1.54) is 24.0 Å². The quantitative estimate of drug-likeness (QED) is 0.637. The van der Waals surface area contributed by atoms with E-state index in [0.29, 0.717) is 0 Å². The molecule has 15 heavy (non-hydrogen) atoms. The molecule has 0 radical (unpaired) electrons. The van der Waals surface area contributed by atoms with Crippen molar-refractivity contribution in [2.45, 2.75) is 45.4 Å². The number of Topliss-reactive ketones (excluding diaryl/α,β-unsaturated/α-hetero) is 1. The van der Waals surface area contributed by atoms with E-state index < -0.39 is 0 Å². The van der Waals surface area contributed by atoms with Gasteiger partial charge in [-0.3, -0.25) is 4.79 Å². The molecule has 0 fully saturated rings. The van der Waals surface area contributed by atoms with Gasteiger partial charge in [0, 0.05) is 5.56 Å². The first kappa shape index (κ1) is 10.4. The van der Waals surface area contributed by atoms with Gasteiger partial charge in [0.25, 0.3) is 0 Å². The van der Waals surface area contributed by atoms with Crippen molar-refractivity contribution in [2.75, 3.05) is 0 Å². The summed E-state index contributed by atoms with van der Waals surface area (Å²) in [6.07, 6.45) is 3.65. The molecule has 0 bridgehead atoms. The van der Waals surface area contributed by atoms with Crippen molar-refractivity contribution in [2.24, 2.45) is 0 Å². The van der Waals surface area contributed by atoms with Crippen molar-refractivity contribution in [3.05, 3.63) is 34.9 Å². The molecular formula is C14H18O. The molecule has 1 nitrogen and oxygen atoms in total. The van der Waals surface area contributed by atoms with Crippen molar-refractivity contribution >= 4 is 5.78 Å². The van der Waals surface area contributed by atoms with Crippen LogP contribution in [-0.4, -0.2) is 5.78 Å². The molecule has 1 aliphatic carbocycles. The average Bonchev–Trinajstić information content (AvgIpc) is 2.17. The fourth-order valence-corrected chi connectivity index (χ4v) is 2.50. The smallest absolute Gasteiger partial charge is 0.159 e. The molecule has 80 valence electrons. The van der Waals surface area contributed by atoms with Crippen molar-refractivity contribution in [1.29, 1.82) is 0 Å². The van der Waals surface area contributed by atoms with Crippen LogP contribution in [0, 0.1) is 0 Å². The molecule has 0 atom stereocenters. The molecule has 0 N–H and O–H groups in total. The van der Waals surface area contributed by atoms with Crippen molar-refractivity contribution in [3.63, 3.8) is 0 Å². The highest BCUT2D eigenvalue weighted by atomic mass is 16.1. The third-order valence-corrected chi connectivity index (χ3v) is 3.49. The number of rotatable bonds is 1. The van der Waals surface area contributed by atoms with Gasteiger partial charge in [-0.15, -0.1) is 0 Å². The molecule has 0 unspecified atom stereocenters. The second kappa shape index (κ2) is 3.48. The van der Waals surface area contributed by atoms with E-state index in [1.54, 1.807) is 6.92 Å². The van der Waals surface area contributed by atoms with Crippen LogP contribution in [0.5, 0.6) is 0 Å². The molecule has 1 aromatic rings. The topological polar surface area (TPSA) is 17.1 Å². The number of carbonyl (C=O) groups excluding carboxylic acids is 1. The molecule has 1 aromatic carbocycles. The Morgan fingerprint density at radius 3 is 2.73 bits per heavy atom. The second-order valence-electron chi connectivity index (χ2n) is 5.17. The number of hydrogen-bond donors (Lipinski definition) is 0. The Morgan fingerprint density at radius 2 is 2.07 bits per heavy atom. The summed E-state index contributed by atoms with van der Waals surface area (Å²) in [6, 6.07) is 6.19. The van der Waals surface area contributed by atoms with Gasteiger partial charge in [-0.1, -0.05) is 26.0 Å². The second-order valence-corrected chi connectivity index (χ2v) is 5.17. The maximum Gasteiger partial charge on any atom is 0.159 e. The van der Waals surface area contributed by atoms with E-state index in [2.05, 4.69) is 26.0 Å². The maximum atomic E-state index is 11.3. The minimum atomic E-state index is 0.166. The Bertz CT molecular complexity index is 402. The van der Waals surface area contributed by atoms with Gasteiger partial charge in [-0.2, -0.15) is 0 Å². The summed E-state index contributed by atoms with van der Waals surface area (Å²) in [5.74, 6) is 0.166. The van der Waals surface area contributed by atoms with E-state index in [9.17, 15) is 4.79 Å². The van der Waals surface area contributed by atoms with Gasteiger partial charge in [-0.25, -0.2) is 0 Å². The molecule has 0 saturated carbocycles. The summed E-state index contributed by atoms with van der Waals surface area (Å²) in [7, 11) is 0. The van der Waals surface area contributed by atoms with Crippen LogP contribution >= 0.6 is 0 Å². The van der Waals surface area contributed by atoms with E-state index in [4.69, 9.17) is 0 Å². The van der Waals surface area contributed by atoms with E-state index in [-0.39, 0.29) is 11.2 Å². The molecule has 0 amide bonds. The Labute approximate surface area is 91.5 Å². The summed E-state index contributed by atoms with van der Waals surface area (Å²) in [4.78, 5) is 11.3. The highest BCUT2D eigenvalue weighted by molar-refractivity contribution is 5.94. The largest absolute Gasteiger partial charge is 0.295 e. The summed E-state index contributed by atoms with van der Waals surface area (Å²) in [6.45, 7) is 6.18. The Morgan fingerprint density at radius 1 is 1.33 bits per heavy atom. The zero-order valence-electron chi connectivity index (χ0n) is 9.76. The van der Waals surface area contributed by atoms with Gasteiger partial charge in [0.2, 0.25) is 0 Å². The number of carbonyl (C=O) groups is 1. The van der Waals surface area contributed by atoms with E-state index in [1.807, 2.05) is 6.07 Å². The lowest BCUT2D eigenvalue weighted by Crippen LogP contribution is -2.24. The third kappa shape index (κ3) is 1.83. The van der Waals surface area contributed by atoms with Crippen LogP contribution in [0.1, 0.15) is 55.1 Å². The normalized spacial score (nSPS) is 18.3. The zero-order valence-corrected chi connectivity index (χ0v) is 9.76. The fourth-order valence-electron chi connectivity index (χ4n) is 2.50. The maximum absolute atomic E-state index is 11.3. The summed E-state index contributed by atoms with van der Waals surface area (Å²) >= 11 is 0. The zero-order chi connectivity index (χ0) is 11.1. The summed E-state index contributed by atoms with van der Waals surface area (Å²) in [5.41, 5.74) is 3.89. The number of aryl methyl sites for hydroxylation is 1. The number of benzene rings is 1. The molecular weight excluding hydrogens is 184 g/mol. The van der Waals surface area contributed by atoms with Crippen LogP contribution in [0.3, 0.4) is 0 Å². The molecule has 1 aliphatic rings. The van der Waals surface area contributed by atoms with Crippen molar-refractivity contribution in [3.8, 4) is 0 Å². The molecule has 0 saturated heterocycles. The monoisotopic (exact) mass is 202 g/mol. The highest BCUT2D eigenvalue weighted by Crippen LogP contribution is 2.37. The molecule has 0 aromatic heterocycles. The number of hydrogen-bond acceptors (Lipinski definition) is 1. The Balaban J connectivity index is 2.53. The predicted molar refractivity (Wildman–Crippen MR) is 62.4 cm³/mol. The predicted octanol–water partition coefficient (Wildman–Crippen LogP) is 3.50. The van der Waals surface area contributed by atoms with Gasteiger partial charge in [-0.05, 0) is 48.8 Å². The van der Waals surface area contributed by atoms with Gasteiger partial charge in [0.05, 0.1) is 0 Å². The van der Waals surface area contributed by atoms with Crippen LogP contribution in [-0.2, 0) is 11.8 Å². The Hall–Kier alpha value is -1.11. The van der Waals surface area contributed by atoms with Crippen LogP contribution in [0.4, 0.5) is 0 Å². The van der Waals surface area contributed by atoms with Gasteiger partial charge >= 0.3 is 0 Å². The molecule has 0 spiro atoms. The molecule has 0 heterocycles. The van der Waals surface area contributed by atoms with E-state index >= 15 is 0 Å². The van der Waals surface area contributed by atoms with Crippen molar-refractivity contribution in [1.82, 2.24) is 0 Å². The lowest BCUT2D eigenvalue weighted by atomic mass is 9.72. The van der Waals surface area contributed by atoms with Crippen LogP contribution in [0.25, 0.3) is 0 Å². The minimum Gasteiger partial charge on any atom is -0.295 e. The fraction of sp³-hybridized carbons (Fsp3) is 0.500. The average molecular weight is 202 g/mol. The first-order valence-electron chi connectivity index (χ1n) is 5.65. The molecule has 2 rings (SSSR count). The summed E-state index contributed by atoms with van der Waals surface area (Å²) < 4.78 is 0. The van der Waals surface area contributed by atoms with Crippen molar-refractivity contribution < 1.29 is 4.79 Å². The summed E-state index contributed by atoms with van der Waals surface area (Å²) in [5, 5.41) is 0. The van der Waals surface area contributed by atoms with Crippen LogP contribution in [0.15, 0.2) is 18.2 Å². The van der Waals surface area contributed by atoms with Gasteiger partial charge < -0.3 is 0 Å². The SMILES string of the molecule is CC(=O)c1ccc2c(c1)C(C)(C)CCC2. The van der Waals surface area contributed by atoms with E-state index in [0.717, 1.165) is 12.0 Å². The first-order valence-corrected chi connectivity index (χ1v) is 5.65. The first-order chi connectivity index (χ1) is 7.00. The highest BCUT2D eigenvalue weighted by Gasteiger charge is 2.27. The van der Waals surface area contributed by atoms with Gasteiger partial charge in [0.1, 0.15) is 0 Å². The number of ketones is 1. The molecule has 0 aliphatic heterocycles. The molecule has 1 heteroatoms. The van der Waals surface area contributed by atoms with Gasteiger partial charge in [0.15, 0.2) is 5.78 Å². The van der Waals surface area contributed by atoms with Crippen LogP contribution < -0.4 is 0 Å². The Kier molecular flexibility index (Phi) is 2.41. The standard InChI is InChI=1S/C14H18O/c1-10(15)12-7-6-11-5-4-8-14(2,3)13(11)9-12/h6-7,9H,4-5,8H2,1-3H3. The number of fused-ring (bicyclic) bond motifs is 1.